The molecule has 0 bridgehead atoms. The highest BCUT2D eigenvalue weighted by atomic mass is 35.5. The molecule has 0 unspecified atom stereocenters. The van der Waals surface area contributed by atoms with Gasteiger partial charge in [0.15, 0.2) is 0 Å². The number of aliphatic hydroxyl groups is 2. The first-order valence-electron chi connectivity index (χ1n) is 5.59. The minimum atomic E-state index is 0.0180. The number of hydrogen-bond acceptors (Lipinski definition) is 4. The van der Waals surface area contributed by atoms with Crippen molar-refractivity contribution in [3.05, 3.63) is 65.2 Å². The van der Waals surface area contributed by atoms with Crippen LogP contribution >= 0.6 is 11.6 Å². The summed E-state index contributed by atoms with van der Waals surface area (Å²) >= 11 is 5.48. The topological polar surface area (TPSA) is 66.2 Å². The summed E-state index contributed by atoms with van der Waals surface area (Å²) in [7, 11) is 0. The molecule has 100 valence electrons. The van der Waals surface area contributed by atoms with Crippen LogP contribution in [0.1, 0.15) is 16.8 Å². The smallest absolute Gasteiger partial charge is 0.129 e. The van der Waals surface area contributed by atoms with E-state index < -0.39 is 0 Å². The predicted molar refractivity (Wildman–Crippen MR) is 75.4 cm³/mol. The van der Waals surface area contributed by atoms with Crippen molar-refractivity contribution in [2.75, 3.05) is 0 Å². The molecule has 2 N–H and O–H groups in total. The SMILES string of the molecule is C=Cc1ccc(CO)cn1.OCc1ccc(Cl)nc1. The third-order valence-electron chi connectivity index (χ3n) is 2.21. The summed E-state index contributed by atoms with van der Waals surface area (Å²) in [5.74, 6) is 0. The van der Waals surface area contributed by atoms with Crippen LogP contribution in [0.25, 0.3) is 6.08 Å². The maximum atomic E-state index is 8.64. The minimum absolute atomic E-state index is 0.0180. The van der Waals surface area contributed by atoms with Crippen LogP contribution in [0.3, 0.4) is 0 Å². The summed E-state index contributed by atoms with van der Waals surface area (Å²) in [6.07, 6.45) is 4.85. The standard InChI is InChI=1S/C8H9NO.C6H6ClNO/c1-2-8-4-3-7(6-10)5-9-8;7-6-2-1-5(4-9)3-8-6/h2-5,10H,1,6H2;1-3,9H,4H2. The Balaban J connectivity index is 0.000000191. The summed E-state index contributed by atoms with van der Waals surface area (Å²) in [5.41, 5.74) is 2.43. The van der Waals surface area contributed by atoms with Gasteiger partial charge in [-0.2, -0.15) is 0 Å². The first-order valence-corrected chi connectivity index (χ1v) is 5.97. The molecule has 19 heavy (non-hydrogen) atoms. The lowest BCUT2D eigenvalue weighted by Gasteiger charge is -1.94. The summed E-state index contributed by atoms with van der Waals surface area (Å²) in [4.78, 5) is 7.75. The zero-order valence-electron chi connectivity index (χ0n) is 10.3. The number of halogens is 1. The third-order valence-corrected chi connectivity index (χ3v) is 2.43. The molecule has 0 amide bonds. The zero-order valence-corrected chi connectivity index (χ0v) is 11.1. The van der Waals surface area contributed by atoms with Gasteiger partial charge >= 0.3 is 0 Å². The molecule has 0 aliphatic heterocycles. The molecule has 0 aliphatic rings. The minimum Gasteiger partial charge on any atom is -0.392 e. The molecule has 5 heteroatoms. The largest absolute Gasteiger partial charge is 0.392 e. The molecular weight excluding hydrogens is 264 g/mol. The van der Waals surface area contributed by atoms with E-state index in [1.165, 1.54) is 0 Å². The lowest BCUT2D eigenvalue weighted by molar-refractivity contribution is 0.281. The number of aromatic nitrogens is 2. The molecular formula is C14H15ClN2O2. The van der Waals surface area contributed by atoms with Gasteiger partial charge in [-0.15, -0.1) is 0 Å². The van der Waals surface area contributed by atoms with E-state index in [2.05, 4.69) is 16.5 Å². The molecule has 0 saturated carbocycles. The van der Waals surface area contributed by atoms with Crippen molar-refractivity contribution < 1.29 is 10.2 Å². The Morgan fingerprint density at radius 3 is 1.95 bits per heavy atom. The first-order chi connectivity index (χ1) is 9.19. The van der Waals surface area contributed by atoms with Crippen LogP contribution in [-0.4, -0.2) is 20.2 Å². The van der Waals surface area contributed by atoms with Crippen LogP contribution < -0.4 is 0 Å². The highest BCUT2D eigenvalue weighted by Crippen LogP contribution is 2.04. The van der Waals surface area contributed by atoms with E-state index in [0.717, 1.165) is 16.8 Å². The Labute approximate surface area is 117 Å². The second-order valence-corrected chi connectivity index (χ2v) is 3.99. The van der Waals surface area contributed by atoms with Crippen LogP contribution in [-0.2, 0) is 13.2 Å². The van der Waals surface area contributed by atoms with Gasteiger partial charge in [-0.05, 0) is 29.3 Å². The molecule has 0 fully saturated rings. The van der Waals surface area contributed by atoms with E-state index in [4.69, 9.17) is 21.8 Å². The van der Waals surface area contributed by atoms with Crippen molar-refractivity contribution in [2.45, 2.75) is 13.2 Å². The molecule has 2 aromatic heterocycles. The normalized spacial score (nSPS) is 9.42. The molecule has 0 saturated heterocycles. The van der Waals surface area contributed by atoms with Gasteiger partial charge in [0.05, 0.1) is 18.9 Å². The molecule has 2 aromatic rings. The van der Waals surface area contributed by atoms with Gasteiger partial charge in [-0.25, -0.2) is 4.98 Å². The Morgan fingerprint density at radius 2 is 1.58 bits per heavy atom. The fraction of sp³-hybridized carbons (Fsp3) is 0.143. The average Bonchev–Trinajstić information content (AvgIpc) is 2.49. The third kappa shape index (κ3) is 5.61. The molecule has 0 spiro atoms. The number of nitrogens with zero attached hydrogens (tertiary/aromatic N) is 2. The van der Waals surface area contributed by atoms with Crippen LogP contribution in [0.5, 0.6) is 0 Å². The molecule has 2 heterocycles. The van der Waals surface area contributed by atoms with E-state index in [-0.39, 0.29) is 13.2 Å². The Hall–Kier alpha value is -1.75. The van der Waals surface area contributed by atoms with Gasteiger partial charge in [0.2, 0.25) is 0 Å². The molecule has 0 aliphatic carbocycles. The Bertz CT molecular complexity index is 498. The van der Waals surface area contributed by atoms with Gasteiger partial charge in [-0.1, -0.05) is 30.3 Å². The average molecular weight is 279 g/mol. The van der Waals surface area contributed by atoms with Crippen LogP contribution in [0, 0.1) is 0 Å². The van der Waals surface area contributed by atoms with Crippen molar-refractivity contribution in [3.8, 4) is 0 Å². The van der Waals surface area contributed by atoms with Crippen LogP contribution in [0.15, 0.2) is 43.2 Å². The highest BCUT2D eigenvalue weighted by molar-refractivity contribution is 6.29. The fourth-order valence-electron chi connectivity index (χ4n) is 1.15. The summed E-state index contributed by atoms with van der Waals surface area (Å²) in [5, 5.41) is 17.6. The van der Waals surface area contributed by atoms with Gasteiger partial charge < -0.3 is 10.2 Å². The van der Waals surface area contributed by atoms with Crippen LogP contribution in [0.4, 0.5) is 0 Å². The van der Waals surface area contributed by atoms with Gasteiger partial charge in [0, 0.05) is 12.4 Å². The van der Waals surface area contributed by atoms with E-state index in [1.807, 2.05) is 12.1 Å². The predicted octanol–water partition coefficient (Wildman–Crippen LogP) is 2.44. The number of aliphatic hydroxyl groups excluding tert-OH is 2. The highest BCUT2D eigenvalue weighted by Gasteiger charge is 1.89. The number of pyridine rings is 2. The number of rotatable bonds is 3. The molecule has 2 rings (SSSR count). The Kier molecular flexibility index (Phi) is 6.74. The molecule has 0 radical (unpaired) electrons. The lowest BCUT2D eigenvalue weighted by atomic mass is 10.2. The van der Waals surface area contributed by atoms with Gasteiger partial charge in [0.1, 0.15) is 5.15 Å². The van der Waals surface area contributed by atoms with E-state index in [0.29, 0.717) is 5.15 Å². The van der Waals surface area contributed by atoms with Crippen molar-refractivity contribution in [2.24, 2.45) is 0 Å². The summed E-state index contributed by atoms with van der Waals surface area (Å²) in [6, 6.07) is 7.02. The van der Waals surface area contributed by atoms with Crippen molar-refractivity contribution >= 4 is 17.7 Å². The number of hydrogen-bond donors (Lipinski definition) is 2. The summed E-state index contributed by atoms with van der Waals surface area (Å²) < 4.78 is 0. The van der Waals surface area contributed by atoms with Crippen molar-refractivity contribution in [1.82, 2.24) is 9.97 Å². The Morgan fingerprint density at radius 1 is 1.00 bits per heavy atom. The second kappa shape index (κ2) is 8.37. The lowest BCUT2D eigenvalue weighted by Crippen LogP contribution is -1.85. The maximum Gasteiger partial charge on any atom is 0.129 e. The summed E-state index contributed by atoms with van der Waals surface area (Å²) in [6.45, 7) is 3.63. The monoisotopic (exact) mass is 278 g/mol. The second-order valence-electron chi connectivity index (χ2n) is 3.60. The van der Waals surface area contributed by atoms with Crippen molar-refractivity contribution in [1.29, 1.82) is 0 Å². The van der Waals surface area contributed by atoms with E-state index in [9.17, 15) is 0 Å². The van der Waals surface area contributed by atoms with E-state index in [1.54, 1.807) is 30.6 Å². The quantitative estimate of drug-likeness (QED) is 0.847. The van der Waals surface area contributed by atoms with Crippen molar-refractivity contribution in [3.63, 3.8) is 0 Å². The molecule has 0 aromatic carbocycles. The van der Waals surface area contributed by atoms with Crippen LogP contribution in [0.2, 0.25) is 5.15 Å². The van der Waals surface area contributed by atoms with E-state index >= 15 is 0 Å². The zero-order chi connectivity index (χ0) is 14.1. The fourth-order valence-corrected chi connectivity index (χ4v) is 1.26. The van der Waals surface area contributed by atoms with Gasteiger partial charge in [0.25, 0.3) is 0 Å². The first kappa shape index (κ1) is 15.3. The maximum absolute atomic E-state index is 8.64. The molecule has 4 nitrogen and oxygen atoms in total. The van der Waals surface area contributed by atoms with Gasteiger partial charge in [-0.3, -0.25) is 4.98 Å². The molecule has 0 atom stereocenters.